The van der Waals surface area contributed by atoms with Crippen molar-refractivity contribution in [1.82, 2.24) is 5.32 Å². The summed E-state index contributed by atoms with van der Waals surface area (Å²) in [6.07, 6.45) is -1.09. The lowest BCUT2D eigenvalue weighted by molar-refractivity contribution is 0.0431. The van der Waals surface area contributed by atoms with E-state index in [1.54, 1.807) is 0 Å². The Morgan fingerprint density at radius 1 is 1.64 bits per heavy atom. The van der Waals surface area contributed by atoms with Crippen LogP contribution in [0.4, 0.5) is 4.79 Å². The Bertz CT molecular complexity index is 125. The van der Waals surface area contributed by atoms with Crippen molar-refractivity contribution in [1.29, 1.82) is 0 Å². The summed E-state index contributed by atoms with van der Waals surface area (Å²) in [6, 6.07) is 0. The Balaban J connectivity index is 3.45. The third kappa shape index (κ3) is 4.61. The fourth-order valence-electron chi connectivity index (χ4n) is 0.426. The van der Waals surface area contributed by atoms with Gasteiger partial charge in [0.25, 0.3) is 0 Å². The summed E-state index contributed by atoms with van der Waals surface area (Å²) in [5.74, 6) is 0.111. The number of carbonyl (C=O) groups excluding carboxylic acids is 1. The molecule has 1 unspecified atom stereocenters. The first kappa shape index (κ1) is 10.2. The molecule has 11 heavy (non-hydrogen) atoms. The molecular weight excluding hydrogens is 146 g/mol. The summed E-state index contributed by atoms with van der Waals surface area (Å²) in [4.78, 5) is 10.5. The van der Waals surface area contributed by atoms with Crippen molar-refractivity contribution >= 4 is 6.09 Å². The molecule has 0 fully saturated rings. The number of hydrogen-bond donors (Lipinski definition) is 2. The summed E-state index contributed by atoms with van der Waals surface area (Å²) in [5, 5.41) is 11.5. The Morgan fingerprint density at radius 3 is 2.55 bits per heavy atom. The Labute approximate surface area is 66.5 Å². The van der Waals surface area contributed by atoms with Gasteiger partial charge in [0, 0.05) is 7.05 Å². The van der Waals surface area contributed by atoms with Crippen molar-refractivity contribution in [2.75, 3.05) is 13.7 Å². The summed E-state index contributed by atoms with van der Waals surface area (Å²) in [7, 11) is 1.48. The molecule has 0 rings (SSSR count). The van der Waals surface area contributed by atoms with Gasteiger partial charge in [-0.3, -0.25) is 0 Å². The quantitative estimate of drug-likeness (QED) is 0.628. The van der Waals surface area contributed by atoms with Gasteiger partial charge in [-0.15, -0.1) is 0 Å². The van der Waals surface area contributed by atoms with Crippen LogP contribution >= 0.6 is 0 Å². The molecule has 0 aliphatic carbocycles. The van der Waals surface area contributed by atoms with E-state index in [2.05, 4.69) is 10.1 Å². The Kier molecular flexibility index (Phi) is 4.61. The van der Waals surface area contributed by atoms with E-state index in [0.29, 0.717) is 0 Å². The van der Waals surface area contributed by atoms with E-state index in [4.69, 9.17) is 5.11 Å². The zero-order valence-corrected chi connectivity index (χ0v) is 7.13. The monoisotopic (exact) mass is 161 g/mol. The van der Waals surface area contributed by atoms with Crippen molar-refractivity contribution in [2.45, 2.75) is 20.0 Å². The van der Waals surface area contributed by atoms with Crippen LogP contribution in [0.25, 0.3) is 0 Å². The predicted molar refractivity (Wildman–Crippen MR) is 41.3 cm³/mol. The van der Waals surface area contributed by atoms with Gasteiger partial charge in [-0.05, 0) is 5.92 Å². The van der Waals surface area contributed by atoms with Crippen LogP contribution in [0.2, 0.25) is 0 Å². The number of rotatable bonds is 3. The highest BCUT2D eigenvalue weighted by Crippen LogP contribution is 2.00. The molecule has 0 bridgehead atoms. The lowest BCUT2D eigenvalue weighted by atomic mass is 10.1. The van der Waals surface area contributed by atoms with Gasteiger partial charge in [0.05, 0.1) is 6.10 Å². The summed E-state index contributed by atoms with van der Waals surface area (Å²) in [6.45, 7) is 3.77. The zero-order valence-electron chi connectivity index (χ0n) is 7.13. The summed E-state index contributed by atoms with van der Waals surface area (Å²) in [5.41, 5.74) is 0. The molecule has 4 heteroatoms. The topological polar surface area (TPSA) is 58.6 Å². The molecule has 0 spiro atoms. The standard InChI is InChI=1S/C7H15NO3/c1-5(2)6(9)4-11-7(10)8-3/h5-6,9H,4H2,1-3H3,(H,8,10). The highest BCUT2D eigenvalue weighted by molar-refractivity contribution is 5.66. The lowest BCUT2D eigenvalue weighted by Crippen LogP contribution is -2.27. The molecular formula is C7H15NO3. The molecule has 4 nitrogen and oxygen atoms in total. The maximum atomic E-state index is 10.5. The SMILES string of the molecule is CNC(=O)OCC(O)C(C)C. The van der Waals surface area contributed by atoms with Crippen LogP contribution in [0, 0.1) is 5.92 Å². The number of nitrogens with one attached hydrogen (secondary N) is 1. The Morgan fingerprint density at radius 2 is 2.18 bits per heavy atom. The number of amides is 1. The van der Waals surface area contributed by atoms with Crippen molar-refractivity contribution in [3.8, 4) is 0 Å². The van der Waals surface area contributed by atoms with Gasteiger partial charge >= 0.3 is 6.09 Å². The van der Waals surface area contributed by atoms with Gasteiger partial charge in [0.1, 0.15) is 6.61 Å². The molecule has 0 aliphatic rings. The molecule has 0 aliphatic heterocycles. The molecule has 0 radical (unpaired) electrons. The first-order valence-electron chi connectivity index (χ1n) is 3.60. The van der Waals surface area contributed by atoms with E-state index in [-0.39, 0.29) is 12.5 Å². The van der Waals surface area contributed by atoms with Gasteiger partial charge in [-0.1, -0.05) is 13.8 Å². The minimum absolute atomic E-state index is 0.0529. The second-order valence-corrected chi connectivity index (χ2v) is 2.66. The third-order valence-corrected chi connectivity index (χ3v) is 1.36. The van der Waals surface area contributed by atoms with E-state index in [1.807, 2.05) is 13.8 Å². The average molecular weight is 161 g/mol. The van der Waals surface area contributed by atoms with Gasteiger partial charge in [-0.2, -0.15) is 0 Å². The van der Waals surface area contributed by atoms with Crippen molar-refractivity contribution in [3.63, 3.8) is 0 Å². The molecule has 0 saturated carbocycles. The van der Waals surface area contributed by atoms with Gasteiger partial charge in [0.15, 0.2) is 0 Å². The highest BCUT2D eigenvalue weighted by atomic mass is 16.6. The van der Waals surface area contributed by atoms with Crippen LogP contribution in [0.5, 0.6) is 0 Å². The van der Waals surface area contributed by atoms with Crippen molar-refractivity contribution < 1.29 is 14.6 Å². The second kappa shape index (κ2) is 4.96. The van der Waals surface area contributed by atoms with Gasteiger partial charge in [0.2, 0.25) is 0 Å². The minimum Gasteiger partial charge on any atom is -0.447 e. The van der Waals surface area contributed by atoms with Crippen LogP contribution in [0.1, 0.15) is 13.8 Å². The molecule has 1 amide bonds. The number of carbonyl (C=O) groups is 1. The van der Waals surface area contributed by atoms with E-state index < -0.39 is 12.2 Å². The van der Waals surface area contributed by atoms with Crippen LogP contribution < -0.4 is 5.32 Å². The van der Waals surface area contributed by atoms with Crippen molar-refractivity contribution in [2.24, 2.45) is 5.92 Å². The van der Waals surface area contributed by atoms with Crippen LogP contribution in [-0.2, 0) is 4.74 Å². The number of alkyl carbamates (subject to hydrolysis) is 1. The molecule has 1 atom stereocenters. The molecule has 66 valence electrons. The van der Waals surface area contributed by atoms with Crippen LogP contribution in [0.3, 0.4) is 0 Å². The van der Waals surface area contributed by atoms with Gasteiger partial charge in [-0.25, -0.2) is 4.79 Å². The lowest BCUT2D eigenvalue weighted by Gasteiger charge is -2.13. The van der Waals surface area contributed by atoms with E-state index in [9.17, 15) is 4.79 Å². The zero-order chi connectivity index (χ0) is 8.85. The fraction of sp³-hybridized carbons (Fsp3) is 0.857. The number of hydrogen-bond acceptors (Lipinski definition) is 3. The average Bonchev–Trinajstić information content (AvgIpc) is 1.99. The largest absolute Gasteiger partial charge is 0.447 e. The van der Waals surface area contributed by atoms with Crippen molar-refractivity contribution in [3.05, 3.63) is 0 Å². The molecule has 0 heterocycles. The van der Waals surface area contributed by atoms with E-state index in [0.717, 1.165) is 0 Å². The van der Waals surface area contributed by atoms with Gasteiger partial charge < -0.3 is 15.2 Å². The first-order chi connectivity index (χ1) is 5.07. The van der Waals surface area contributed by atoms with E-state index in [1.165, 1.54) is 7.05 Å². The normalized spacial score (nSPS) is 12.8. The van der Waals surface area contributed by atoms with Crippen LogP contribution in [-0.4, -0.2) is 31.0 Å². The molecule has 2 N–H and O–H groups in total. The fourth-order valence-corrected chi connectivity index (χ4v) is 0.426. The molecule has 0 aromatic rings. The highest BCUT2D eigenvalue weighted by Gasteiger charge is 2.10. The number of aliphatic hydroxyl groups excluding tert-OH is 1. The predicted octanol–water partition coefficient (Wildman–Crippen LogP) is 0.359. The summed E-state index contributed by atoms with van der Waals surface area (Å²) < 4.78 is 4.61. The second-order valence-electron chi connectivity index (χ2n) is 2.66. The van der Waals surface area contributed by atoms with Crippen LogP contribution in [0.15, 0.2) is 0 Å². The summed E-state index contributed by atoms with van der Waals surface area (Å²) >= 11 is 0. The smallest absolute Gasteiger partial charge is 0.406 e. The first-order valence-corrected chi connectivity index (χ1v) is 3.60. The molecule has 0 aromatic carbocycles. The third-order valence-electron chi connectivity index (χ3n) is 1.36. The maximum Gasteiger partial charge on any atom is 0.406 e. The Hall–Kier alpha value is -0.770. The number of ether oxygens (including phenoxy) is 1. The molecule has 0 saturated heterocycles. The molecule has 0 aromatic heterocycles. The maximum absolute atomic E-state index is 10.5. The minimum atomic E-state index is -0.577. The van der Waals surface area contributed by atoms with E-state index >= 15 is 0 Å². The number of aliphatic hydroxyl groups is 1.